The number of alkyl carbamates (subject to hydrolysis) is 1. The lowest BCUT2D eigenvalue weighted by Gasteiger charge is -2.21. The average molecular weight is 636 g/mol. The number of anilines is 1. The topological polar surface area (TPSA) is 141 Å². The zero-order valence-electron chi connectivity index (χ0n) is 27.9. The molecule has 3 amide bonds. The summed E-state index contributed by atoms with van der Waals surface area (Å²) in [6, 6.07) is 9.72. The summed E-state index contributed by atoms with van der Waals surface area (Å²) in [6.07, 6.45) is 4.43. The number of fused-ring (bicyclic) bond motifs is 1. The highest BCUT2D eigenvalue weighted by molar-refractivity contribution is 5.96. The molecule has 0 saturated heterocycles. The fourth-order valence-electron chi connectivity index (χ4n) is 4.82. The summed E-state index contributed by atoms with van der Waals surface area (Å²) in [6.45, 7) is 9.64. The number of aromatic nitrogens is 2. The minimum atomic E-state index is -1.05. The predicted molar refractivity (Wildman–Crippen MR) is 177 cm³/mol. The van der Waals surface area contributed by atoms with Gasteiger partial charge in [0.2, 0.25) is 11.8 Å². The molecule has 0 aliphatic heterocycles. The van der Waals surface area contributed by atoms with E-state index in [1.54, 1.807) is 53.2 Å². The first-order valence-corrected chi connectivity index (χ1v) is 15.2. The first kappa shape index (κ1) is 35.6. The van der Waals surface area contributed by atoms with Crippen molar-refractivity contribution < 1.29 is 28.7 Å². The number of benzene rings is 1. The lowest BCUT2D eigenvalue weighted by Crippen LogP contribution is -2.44. The lowest BCUT2D eigenvalue weighted by atomic mass is 10.00. The van der Waals surface area contributed by atoms with E-state index < -0.39 is 35.3 Å². The molecule has 3 aromatic rings. The molecule has 0 fully saturated rings. The zero-order chi connectivity index (χ0) is 34.2. The van der Waals surface area contributed by atoms with Crippen molar-refractivity contribution in [3.63, 3.8) is 0 Å². The highest BCUT2D eigenvalue weighted by atomic mass is 16.6. The number of allylic oxidation sites excluding steroid dienone is 1. The average Bonchev–Trinajstić information content (AvgIpc) is 3.34. The summed E-state index contributed by atoms with van der Waals surface area (Å²) in [5.74, 6) is -0.460. The van der Waals surface area contributed by atoms with E-state index in [1.165, 1.54) is 33.3 Å². The van der Waals surface area contributed by atoms with E-state index in [9.17, 15) is 24.0 Å². The van der Waals surface area contributed by atoms with Gasteiger partial charge in [0, 0.05) is 25.7 Å². The number of nitrogens with zero attached hydrogens (tertiary/aromatic N) is 3. The van der Waals surface area contributed by atoms with Gasteiger partial charge in [0.15, 0.2) is 0 Å². The molecule has 0 radical (unpaired) electrons. The maximum absolute atomic E-state index is 13.6. The Labute approximate surface area is 269 Å². The van der Waals surface area contributed by atoms with Crippen LogP contribution in [0.25, 0.3) is 10.9 Å². The molecule has 2 N–H and O–H groups in total. The van der Waals surface area contributed by atoms with E-state index in [4.69, 9.17) is 4.74 Å². The number of hydrogen-bond donors (Lipinski definition) is 2. The van der Waals surface area contributed by atoms with E-state index in [0.717, 1.165) is 17.4 Å². The summed E-state index contributed by atoms with van der Waals surface area (Å²) >= 11 is 0. The van der Waals surface area contributed by atoms with Gasteiger partial charge in [0.1, 0.15) is 17.3 Å². The van der Waals surface area contributed by atoms with Crippen LogP contribution < -0.4 is 16.2 Å². The number of rotatable bonds is 11. The van der Waals surface area contributed by atoms with Gasteiger partial charge in [-0.3, -0.25) is 14.4 Å². The molecule has 0 aliphatic rings. The number of likely N-dealkylation sites (N-methyl/N-ethyl adjacent to an activating group) is 1. The minimum Gasteiger partial charge on any atom is -0.453 e. The molecule has 0 aliphatic carbocycles. The molecule has 1 aromatic carbocycles. The molecule has 0 bridgehead atoms. The Morgan fingerprint density at radius 2 is 1.78 bits per heavy atom. The first-order chi connectivity index (χ1) is 21.6. The molecule has 12 nitrogen and oxygen atoms in total. The quantitative estimate of drug-likeness (QED) is 0.285. The van der Waals surface area contributed by atoms with Crippen molar-refractivity contribution in [2.75, 3.05) is 26.5 Å². The maximum atomic E-state index is 13.6. The molecule has 0 saturated carbocycles. The molecule has 2 heterocycles. The van der Waals surface area contributed by atoms with Crippen molar-refractivity contribution in [2.45, 2.75) is 72.1 Å². The number of hydrogen-bond acceptors (Lipinski definition) is 7. The zero-order valence-corrected chi connectivity index (χ0v) is 27.9. The number of amides is 3. The van der Waals surface area contributed by atoms with Crippen molar-refractivity contribution >= 4 is 40.6 Å². The molecule has 1 atom stereocenters. The van der Waals surface area contributed by atoms with Gasteiger partial charge in [0.25, 0.3) is 5.56 Å². The third-order valence-electron chi connectivity index (χ3n) is 6.94. The van der Waals surface area contributed by atoms with Gasteiger partial charge in [-0.2, -0.15) is 0 Å². The van der Waals surface area contributed by atoms with Crippen molar-refractivity contribution in [2.24, 2.45) is 5.92 Å². The van der Waals surface area contributed by atoms with Crippen LogP contribution in [-0.4, -0.2) is 70.9 Å². The van der Waals surface area contributed by atoms with Crippen LogP contribution in [0.4, 0.5) is 15.3 Å². The first-order valence-electron chi connectivity index (χ1n) is 15.2. The Hall–Kier alpha value is -4.87. The normalized spacial score (nSPS) is 12.3. The van der Waals surface area contributed by atoms with Gasteiger partial charge in [-0.15, -0.1) is 0 Å². The Kier molecular flexibility index (Phi) is 11.9. The van der Waals surface area contributed by atoms with Crippen LogP contribution in [0.5, 0.6) is 0 Å². The third-order valence-corrected chi connectivity index (χ3v) is 6.94. The molecule has 3 rings (SSSR count). The second-order valence-corrected chi connectivity index (χ2v) is 12.6. The summed E-state index contributed by atoms with van der Waals surface area (Å²) < 4.78 is 13.3. The maximum Gasteiger partial charge on any atom is 0.419 e. The van der Waals surface area contributed by atoms with Gasteiger partial charge >= 0.3 is 12.2 Å². The summed E-state index contributed by atoms with van der Waals surface area (Å²) in [5.41, 5.74) is 1.03. The lowest BCUT2D eigenvalue weighted by molar-refractivity contribution is -0.123. The van der Waals surface area contributed by atoms with Crippen LogP contribution in [0.1, 0.15) is 58.7 Å². The molecule has 0 spiro atoms. The largest absolute Gasteiger partial charge is 0.453 e. The highest BCUT2D eigenvalue weighted by Gasteiger charge is 2.25. The standard InChI is InChI=1S/C34H45N5O7/c1-22(2)19-23-13-11-16-28-25(23)20-24(39(28)33(44)46-34(3,4)5)21-38-18-12-15-27(31(38)42)35-30(41)26(36-32(43)45-8)14-9-10-17-29(40)37(6)7/h10-13,15-18,20,22,26H,9,14,19,21H2,1-8H3,(H,35,41)(H,36,43)/b17-10+. The van der Waals surface area contributed by atoms with Crippen LogP contribution in [0.3, 0.4) is 0 Å². The van der Waals surface area contributed by atoms with Crippen molar-refractivity contribution in [3.8, 4) is 0 Å². The van der Waals surface area contributed by atoms with Crippen LogP contribution in [-0.2, 0) is 32.0 Å². The number of pyridine rings is 1. The molecule has 248 valence electrons. The third kappa shape index (κ3) is 9.56. The Bertz CT molecular complexity index is 1660. The predicted octanol–water partition coefficient (Wildman–Crippen LogP) is 4.92. The van der Waals surface area contributed by atoms with E-state index in [2.05, 4.69) is 29.2 Å². The van der Waals surface area contributed by atoms with Crippen LogP contribution in [0, 0.1) is 5.92 Å². The number of nitrogens with one attached hydrogen (secondary N) is 2. The van der Waals surface area contributed by atoms with Crippen LogP contribution in [0.15, 0.2) is 59.5 Å². The van der Waals surface area contributed by atoms with Crippen molar-refractivity contribution in [1.29, 1.82) is 0 Å². The van der Waals surface area contributed by atoms with Crippen molar-refractivity contribution in [1.82, 2.24) is 19.4 Å². The van der Waals surface area contributed by atoms with E-state index in [1.807, 2.05) is 24.3 Å². The number of methoxy groups -OCH3 is 1. The van der Waals surface area contributed by atoms with Gasteiger partial charge < -0.3 is 29.6 Å². The molecule has 1 unspecified atom stereocenters. The Balaban J connectivity index is 1.94. The van der Waals surface area contributed by atoms with Gasteiger partial charge in [-0.25, -0.2) is 14.2 Å². The smallest absolute Gasteiger partial charge is 0.419 e. The highest BCUT2D eigenvalue weighted by Crippen LogP contribution is 2.27. The van der Waals surface area contributed by atoms with E-state index in [-0.39, 0.29) is 24.6 Å². The monoisotopic (exact) mass is 635 g/mol. The Morgan fingerprint density at radius 3 is 2.41 bits per heavy atom. The van der Waals surface area contributed by atoms with E-state index >= 15 is 0 Å². The van der Waals surface area contributed by atoms with Crippen LogP contribution >= 0.6 is 0 Å². The van der Waals surface area contributed by atoms with Gasteiger partial charge in [-0.1, -0.05) is 32.1 Å². The molecule has 2 aromatic heterocycles. The summed E-state index contributed by atoms with van der Waals surface area (Å²) in [5, 5.41) is 5.99. The SMILES string of the molecule is COC(=O)NC(CC/C=C/C(=O)N(C)C)C(=O)Nc1cccn(Cc2cc3c(CC(C)C)cccc3n2C(=O)OC(C)(C)C)c1=O. The van der Waals surface area contributed by atoms with Crippen LogP contribution in [0.2, 0.25) is 0 Å². The number of ether oxygens (including phenoxy) is 2. The minimum absolute atomic E-state index is 0.0112. The summed E-state index contributed by atoms with van der Waals surface area (Å²) in [4.78, 5) is 65.5. The molecular formula is C34H45N5O7. The number of carbonyl (C=O) groups is 4. The van der Waals surface area contributed by atoms with Crippen molar-refractivity contribution in [3.05, 3.63) is 76.4 Å². The second-order valence-electron chi connectivity index (χ2n) is 12.6. The molecule has 46 heavy (non-hydrogen) atoms. The molecule has 12 heteroatoms. The molecular weight excluding hydrogens is 590 g/mol. The van der Waals surface area contributed by atoms with E-state index in [0.29, 0.717) is 23.5 Å². The number of carbonyl (C=O) groups excluding carboxylic acids is 4. The Morgan fingerprint density at radius 1 is 1.07 bits per heavy atom. The second kappa shape index (κ2) is 15.4. The fourth-order valence-corrected chi connectivity index (χ4v) is 4.82. The fraction of sp³-hybridized carbons (Fsp3) is 0.441. The van der Waals surface area contributed by atoms with Gasteiger partial charge in [0.05, 0.1) is 24.9 Å². The summed E-state index contributed by atoms with van der Waals surface area (Å²) in [7, 11) is 4.42. The van der Waals surface area contributed by atoms with Gasteiger partial charge in [-0.05, 0) is 81.9 Å².